The van der Waals surface area contributed by atoms with E-state index in [0.29, 0.717) is 31.6 Å². The molecule has 8 nitrogen and oxygen atoms in total. The van der Waals surface area contributed by atoms with Gasteiger partial charge in [0, 0.05) is 31.7 Å². The highest BCUT2D eigenvalue weighted by Gasteiger charge is 2.32. The molecule has 2 heterocycles. The maximum atomic E-state index is 13.7. The van der Waals surface area contributed by atoms with E-state index in [0.717, 1.165) is 5.56 Å². The van der Waals surface area contributed by atoms with Gasteiger partial charge in [-0.05, 0) is 36.5 Å². The average Bonchev–Trinajstić information content (AvgIpc) is 2.81. The minimum atomic E-state index is -3.17. The number of benzene rings is 1. The number of nitrogens with zero attached hydrogens (tertiary/aromatic N) is 3. The molecule has 1 saturated heterocycles. The fourth-order valence-electron chi connectivity index (χ4n) is 4.14. The van der Waals surface area contributed by atoms with Gasteiger partial charge in [-0.25, -0.2) is 4.79 Å². The fraction of sp³-hybridized carbons (Fsp3) is 0.458. The van der Waals surface area contributed by atoms with Crippen molar-refractivity contribution in [2.75, 3.05) is 30.4 Å². The molecule has 3 amide bonds. The molecule has 1 aromatic heterocycles. The lowest BCUT2D eigenvalue weighted by Gasteiger charge is -2.39. The molecule has 0 unspecified atom stereocenters. The number of carbonyl (C=O) groups excluding carboxylic acids is 2. The molecule has 1 fully saturated rings. The van der Waals surface area contributed by atoms with Crippen LogP contribution in [-0.4, -0.2) is 54.7 Å². The molecule has 0 aliphatic carbocycles. The number of carbonyl (C=O) groups is 2. The third kappa shape index (κ3) is 6.30. The van der Waals surface area contributed by atoms with Crippen molar-refractivity contribution in [2.45, 2.75) is 52.2 Å². The van der Waals surface area contributed by atoms with Gasteiger partial charge in [0.05, 0.1) is 7.11 Å². The Morgan fingerprint density at radius 2 is 1.86 bits per heavy atom. The van der Waals surface area contributed by atoms with E-state index < -0.39 is 18.5 Å². The first-order chi connectivity index (χ1) is 16.6. The summed E-state index contributed by atoms with van der Waals surface area (Å²) in [7, 11) is 1.29. The van der Waals surface area contributed by atoms with Crippen LogP contribution in [0.25, 0.3) is 0 Å². The first-order valence-corrected chi connectivity index (χ1v) is 11.6. The Balaban J connectivity index is 2.00. The number of para-hydroxylation sites is 1. The zero-order valence-electron chi connectivity index (χ0n) is 20.1. The lowest BCUT2D eigenvalue weighted by atomic mass is 9.97. The summed E-state index contributed by atoms with van der Waals surface area (Å²) >= 11 is 6.15. The number of ether oxygens (including phenoxy) is 2. The Morgan fingerprint density at radius 1 is 1.20 bits per heavy atom. The first kappa shape index (κ1) is 26.5. The smallest absolute Gasteiger partial charge is 0.388 e. The normalized spacial score (nSPS) is 14.3. The van der Waals surface area contributed by atoms with Gasteiger partial charge >= 0.3 is 12.6 Å². The molecular weight excluding hydrogens is 482 g/mol. The summed E-state index contributed by atoms with van der Waals surface area (Å²) < 4.78 is 35.6. The number of anilines is 2. The van der Waals surface area contributed by atoms with Gasteiger partial charge in [-0.3, -0.25) is 9.69 Å². The Hall–Kier alpha value is -3.14. The third-order valence-electron chi connectivity index (χ3n) is 5.86. The summed E-state index contributed by atoms with van der Waals surface area (Å²) in [5.74, 6) is -0.527. The van der Waals surface area contributed by atoms with Gasteiger partial charge < -0.3 is 19.7 Å². The molecule has 2 aromatic rings. The van der Waals surface area contributed by atoms with E-state index in [2.05, 4.69) is 15.0 Å². The number of rotatable bonds is 7. The molecule has 3 rings (SSSR count). The van der Waals surface area contributed by atoms with Crippen molar-refractivity contribution >= 4 is 34.9 Å². The van der Waals surface area contributed by atoms with Gasteiger partial charge in [-0.1, -0.05) is 43.6 Å². The summed E-state index contributed by atoms with van der Waals surface area (Å²) in [5, 5.41) is 2.67. The van der Waals surface area contributed by atoms with Crippen LogP contribution in [0.4, 0.5) is 25.0 Å². The largest absolute Gasteiger partial charge is 0.480 e. The third-order valence-corrected chi connectivity index (χ3v) is 6.13. The standard InChI is InChI=1S/C24H29ClF2N4O4/c1-14(2)17-7-5-6-8-20(17)31(16-9-11-30(12-10-16)15(3)32)24(33)28-19-13-18(25)21(34-4)29-22(19)35-23(26)27/h5-8,13-14,16,23H,9-12H2,1-4H3,(H,28,33). The van der Waals surface area contributed by atoms with E-state index in [-0.39, 0.29) is 34.5 Å². The van der Waals surface area contributed by atoms with E-state index in [1.807, 2.05) is 38.1 Å². The maximum absolute atomic E-state index is 13.7. The number of halogens is 3. The molecule has 1 aliphatic rings. The molecule has 1 aliphatic heterocycles. The zero-order chi connectivity index (χ0) is 25.7. The lowest BCUT2D eigenvalue weighted by Crippen LogP contribution is -2.50. The Morgan fingerprint density at radius 3 is 2.43 bits per heavy atom. The van der Waals surface area contributed by atoms with Crippen LogP contribution in [0.5, 0.6) is 11.8 Å². The molecular formula is C24H29ClF2N4O4. The highest BCUT2D eigenvalue weighted by Crippen LogP contribution is 2.36. The molecule has 0 atom stereocenters. The first-order valence-electron chi connectivity index (χ1n) is 11.3. The van der Waals surface area contributed by atoms with Crippen LogP contribution in [0.3, 0.4) is 0 Å². The molecule has 1 aromatic carbocycles. The Bertz CT molecular complexity index is 1060. The quantitative estimate of drug-likeness (QED) is 0.530. The fourth-order valence-corrected chi connectivity index (χ4v) is 4.37. The highest BCUT2D eigenvalue weighted by molar-refractivity contribution is 6.32. The SMILES string of the molecule is COc1nc(OC(F)F)c(NC(=O)N(c2ccccc2C(C)C)C2CCN(C(C)=O)CC2)cc1Cl. The molecule has 0 radical (unpaired) electrons. The van der Waals surface area contributed by atoms with E-state index >= 15 is 0 Å². The second-order valence-electron chi connectivity index (χ2n) is 8.46. The summed E-state index contributed by atoms with van der Waals surface area (Å²) in [6, 6.07) is 8.00. The number of amides is 3. The van der Waals surface area contributed by atoms with E-state index in [1.54, 1.807) is 9.80 Å². The number of methoxy groups -OCH3 is 1. The van der Waals surface area contributed by atoms with Crippen molar-refractivity contribution in [3.8, 4) is 11.8 Å². The molecule has 0 bridgehead atoms. The van der Waals surface area contributed by atoms with Crippen molar-refractivity contribution in [1.82, 2.24) is 9.88 Å². The van der Waals surface area contributed by atoms with Gasteiger partial charge in [0.2, 0.25) is 17.7 Å². The van der Waals surface area contributed by atoms with E-state index in [4.69, 9.17) is 16.3 Å². The number of nitrogens with one attached hydrogen (secondary N) is 1. The number of alkyl halides is 2. The van der Waals surface area contributed by atoms with Gasteiger partial charge in [-0.15, -0.1) is 0 Å². The van der Waals surface area contributed by atoms with Gasteiger partial charge in [0.15, 0.2) is 0 Å². The van der Waals surface area contributed by atoms with Crippen LogP contribution in [0, 0.1) is 0 Å². The van der Waals surface area contributed by atoms with Crippen molar-refractivity contribution in [2.24, 2.45) is 0 Å². The summed E-state index contributed by atoms with van der Waals surface area (Å²) in [6.45, 7) is 3.40. The molecule has 0 spiro atoms. The Labute approximate surface area is 208 Å². The monoisotopic (exact) mass is 510 g/mol. The zero-order valence-corrected chi connectivity index (χ0v) is 20.8. The predicted octanol–water partition coefficient (Wildman–Crippen LogP) is 5.52. The number of pyridine rings is 1. The molecule has 1 N–H and O–H groups in total. The summed E-state index contributed by atoms with van der Waals surface area (Å²) in [5.41, 5.74) is 1.53. The number of likely N-dealkylation sites (tertiary alicyclic amines) is 1. The minimum Gasteiger partial charge on any atom is -0.480 e. The number of aromatic nitrogens is 1. The van der Waals surface area contributed by atoms with Crippen LogP contribution in [0.15, 0.2) is 30.3 Å². The topological polar surface area (TPSA) is 84.0 Å². The van der Waals surface area contributed by atoms with Crippen LogP contribution >= 0.6 is 11.6 Å². The number of urea groups is 1. The van der Waals surface area contributed by atoms with Crippen molar-refractivity contribution < 1.29 is 27.8 Å². The number of piperidine rings is 1. The van der Waals surface area contributed by atoms with Gasteiger partial charge in [0.25, 0.3) is 0 Å². The van der Waals surface area contributed by atoms with Crippen LogP contribution in [0.2, 0.25) is 5.02 Å². The number of hydrogen-bond acceptors (Lipinski definition) is 5. The van der Waals surface area contributed by atoms with Gasteiger partial charge in [-0.2, -0.15) is 13.8 Å². The maximum Gasteiger partial charge on any atom is 0.388 e. The molecule has 190 valence electrons. The van der Waals surface area contributed by atoms with E-state index in [9.17, 15) is 18.4 Å². The molecule has 35 heavy (non-hydrogen) atoms. The van der Waals surface area contributed by atoms with Crippen LogP contribution in [-0.2, 0) is 4.79 Å². The second kappa shape index (κ2) is 11.5. The van der Waals surface area contributed by atoms with Crippen LogP contribution in [0.1, 0.15) is 45.1 Å². The Kier molecular flexibility index (Phi) is 8.71. The highest BCUT2D eigenvalue weighted by atomic mass is 35.5. The number of hydrogen-bond donors (Lipinski definition) is 1. The van der Waals surface area contributed by atoms with Crippen LogP contribution < -0.4 is 19.7 Å². The van der Waals surface area contributed by atoms with E-state index in [1.165, 1.54) is 20.1 Å². The summed E-state index contributed by atoms with van der Waals surface area (Å²) in [6.07, 6.45) is 1.11. The van der Waals surface area contributed by atoms with Gasteiger partial charge in [0.1, 0.15) is 10.7 Å². The lowest BCUT2D eigenvalue weighted by molar-refractivity contribution is -0.129. The molecule has 0 saturated carbocycles. The average molecular weight is 511 g/mol. The van der Waals surface area contributed by atoms with Crippen molar-refractivity contribution in [3.63, 3.8) is 0 Å². The van der Waals surface area contributed by atoms with Crippen molar-refractivity contribution in [1.29, 1.82) is 0 Å². The molecule has 11 heteroatoms. The summed E-state index contributed by atoms with van der Waals surface area (Å²) in [4.78, 5) is 32.7. The predicted molar refractivity (Wildman–Crippen MR) is 130 cm³/mol. The second-order valence-corrected chi connectivity index (χ2v) is 8.87. The van der Waals surface area contributed by atoms with Crippen molar-refractivity contribution in [3.05, 3.63) is 40.9 Å². The minimum absolute atomic E-state index is 0.0187.